The van der Waals surface area contributed by atoms with E-state index in [4.69, 9.17) is 9.47 Å². The average Bonchev–Trinajstić information content (AvgIpc) is 3.63. The van der Waals surface area contributed by atoms with Gasteiger partial charge >= 0.3 is 6.18 Å². The third-order valence-corrected chi connectivity index (χ3v) is 9.70. The maximum atomic E-state index is 14.6. The van der Waals surface area contributed by atoms with Crippen molar-refractivity contribution < 1.29 is 31.8 Å². The summed E-state index contributed by atoms with van der Waals surface area (Å²) in [6.45, 7) is 2.10. The molecule has 6 rings (SSSR count). The van der Waals surface area contributed by atoms with Crippen molar-refractivity contribution in [2.24, 2.45) is 11.3 Å². The minimum absolute atomic E-state index is 0.0115. The van der Waals surface area contributed by atoms with Gasteiger partial charge in [0.2, 0.25) is 5.91 Å². The van der Waals surface area contributed by atoms with Crippen molar-refractivity contribution in [1.29, 1.82) is 0 Å². The van der Waals surface area contributed by atoms with Crippen molar-refractivity contribution in [3.63, 3.8) is 0 Å². The first kappa shape index (κ1) is 25.4. The van der Waals surface area contributed by atoms with Gasteiger partial charge in [0.15, 0.2) is 0 Å². The third kappa shape index (κ3) is 4.33. The molecule has 2 bridgehead atoms. The fourth-order valence-electron chi connectivity index (χ4n) is 7.96. The maximum Gasteiger partial charge on any atom is 0.416 e. The molecule has 2 saturated carbocycles. The number of amides is 1. The van der Waals surface area contributed by atoms with Crippen LogP contribution in [-0.2, 0) is 20.4 Å². The van der Waals surface area contributed by atoms with Crippen LogP contribution in [0.3, 0.4) is 0 Å². The first-order chi connectivity index (χ1) is 17.7. The molecule has 0 aromatic heterocycles. The number of likely N-dealkylation sites (tertiary alicyclic amines) is 1. The molecule has 0 unspecified atom stereocenters. The van der Waals surface area contributed by atoms with Gasteiger partial charge in [0.25, 0.3) is 0 Å². The van der Waals surface area contributed by atoms with Gasteiger partial charge in [-0.1, -0.05) is 6.42 Å². The van der Waals surface area contributed by atoms with Crippen LogP contribution in [0.5, 0.6) is 0 Å². The molecule has 7 atom stereocenters. The number of rotatable bonds is 5. The van der Waals surface area contributed by atoms with Gasteiger partial charge in [0, 0.05) is 44.9 Å². The average molecular weight is 526 g/mol. The first-order valence-corrected chi connectivity index (χ1v) is 13.5. The van der Waals surface area contributed by atoms with Crippen LogP contribution in [-0.4, -0.2) is 74.5 Å². The summed E-state index contributed by atoms with van der Waals surface area (Å²) >= 11 is 0. The molecule has 204 valence electrons. The Balaban J connectivity index is 1.15. The lowest BCUT2D eigenvalue weighted by Crippen LogP contribution is -2.54. The van der Waals surface area contributed by atoms with Crippen molar-refractivity contribution in [2.75, 3.05) is 38.3 Å². The fourth-order valence-corrected chi connectivity index (χ4v) is 7.96. The van der Waals surface area contributed by atoms with Gasteiger partial charge in [0.05, 0.1) is 35.4 Å². The predicted octanol–water partition coefficient (Wildman–Crippen LogP) is 3.98. The number of methoxy groups -OCH3 is 1. The van der Waals surface area contributed by atoms with Gasteiger partial charge in [0.1, 0.15) is 5.82 Å². The normalized spacial score (nSPS) is 37.4. The lowest BCUT2D eigenvalue weighted by molar-refractivity contribution is -0.144. The molecule has 2 aliphatic carbocycles. The Hall–Kier alpha value is -1.91. The van der Waals surface area contributed by atoms with E-state index >= 15 is 0 Å². The van der Waals surface area contributed by atoms with E-state index in [9.17, 15) is 22.4 Å². The van der Waals surface area contributed by atoms with Crippen LogP contribution in [0.1, 0.15) is 50.5 Å². The van der Waals surface area contributed by atoms with Crippen LogP contribution in [0.25, 0.3) is 0 Å². The van der Waals surface area contributed by atoms with E-state index < -0.39 is 17.6 Å². The molecular formula is C27H35F4N3O3. The molecule has 0 spiro atoms. The molecule has 5 aliphatic rings. The summed E-state index contributed by atoms with van der Waals surface area (Å²) in [5, 5.41) is 3.79. The van der Waals surface area contributed by atoms with Crippen molar-refractivity contribution >= 4 is 11.6 Å². The Bertz CT molecular complexity index is 1040. The maximum absolute atomic E-state index is 14.6. The SMILES string of the molecule is CO[C@@H]1COCC[C@@H]1N[C@@H]1C[C@H]2CCC[C@@]2(C(=O)N2C[C@@H]3C[C@H]2CN3c2cc(C(F)(F)F)ccc2F)C1. The Morgan fingerprint density at radius 3 is 2.76 bits per heavy atom. The zero-order chi connectivity index (χ0) is 25.9. The second kappa shape index (κ2) is 9.38. The van der Waals surface area contributed by atoms with Crippen molar-refractivity contribution in [3.05, 3.63) is 29.6 Å². The number of piperazine rings is 1. The summed E-state index contributed by atoms with van der Waals surface area (Å²) in [6, 6.07) is 2.80. The van der Waals surface area contributed by atoms with E-state index in [0.717, 1.165) is 56.7 Å². The van der Waals surface area contributed by atoms with E-state index in [1.165, 1.54) is 0 Å². The molecule has 1 amide bonds. The molecule has 1 aromatic rings. The highest BCUT2D eigenvalue weighted by Gasteiger charge is 2.59. The number of nitrogens with one attached hydrogen (secondary N) is 1. The summed E-state index contributed by atoms with van der Waals surface area (Å²) in [4.78, 5) is 17.8. The Morgan fingerprint density at radius 2 is 2.03 bits per heavy atom. The van der Waals surface area contributed by atoms with Gasteiger partial charge in [-0.15, -0.1) is 0 Å². The Kier molecular flexibility index (Phi) is 6.43. The predicted molar refractivity (Wildman–Crippen MR) is 129 cm³/mol. The van der Waals surface area contributed by atoms with E-state index in [-0.39, 0.29) is 47.3 Å². The molecule has 3 saturated heterocycles. The number of benzene rings is 1. The smallest absolute Gasteiger partial charge is 0.379 e. The number of nitrogens with zero attached hydrogens (tertiary/aromatic N) is 2. The largest absolute Gasteiger partial charge is 0.416 e. The van der Waals surface area contributed by atoms with E-state index in [2.05, 4.69) is 5.32 Å². The number of hydrogen-bond donors (Lipinski definition) is 1. The van der Waals surface area contributed by atoms with Crippen LogP contribution < -0.4 is 10.2 Å². The number of hydrogen-bond acceptors (Lipinski definition) is 5. The van der Waals surface area contributed by atoms with Crippen molar-refractivity contribution in [1.82, 2.24) is 10.2 Å². The lowest BCUT2D eigenvalue weighted by atomic mass is 9.78. The topological polar surface area (TPSA) is 54.0 Å². The number of carbonyl (C=O) groups is 1. The molecular weight excluding hydrogens is 490 g/mol. The van der Waals surface area contributed by atoms with Crippen molar-refractivity contribution in [3.8, 4) is 0 Å². The third-order valence-electron chi connectivity index (χ3n) is 9.70. The number of carbonyl (C=O) groups excluding carboxylic acids is 1. The van der Waals surface area contributed by atoms with Gasteiger partial charge in [-0.25, -0.2) is 4.39 Å². The zero-order valence-electron chi connectivity index (χ0n) is 21.1. The summed E-state index contributed by atoms with van der Waals surface area (Å²) in [5.41, 5.74) is -1.24. The van der Waals surface area contributed by atoms with E-state index in [1.807, 2.05) is 4.90 Å². The molecule has 10 heteroatoms. The highest BCUT2D eigenvalue weighted by Crippen LogP contribution is 2.56. The molecule has 5 fully saturated rings. The summed E-state index contributed by atoms with van der Waals surface area (Å²) in [5.74, 6) is -0.110. The fraction of sp³-hybridized carbons (Fsp3) is 0.741. The minimum Gasteiger partial charge on any atom is -0.379 e. The van der Waals surface area contributed by atoms with Gasteiger partial charge < -0.3 is 24.6 Å². The van der Waals surface area contributed by atoms with Crippen LogP contribution in [0, 0.1) is 17.2 Å². The van der Waals surface area contributed by atoms with Gasteiger partial charge in [-0.05, 0) is 62.6 Å². The standard InChI is InChI=1S/C27H35F4N3O3/c1-36-24-15-37-8-6-22(24)32-18-9-16-3-2-7-26(16,12-18)25(35)34-14-19-11-20(34)13-33(19)23-10-17(27(29,30)31)4-5-21(23)28/h4-5,10,16,18-20,22,24,32H,2-3,6-9,11-15H2,1H3/t16-,18-,19+,20+,22+,24-,26-/m1/s1. The number of fused-ring (bicyclic) bond motifs is 3. The van der Waals surface area contributed by atoms with E-state index in [1.54, 1.807) is 12.0 Å². The number of halogens is 4. The molecule has 3 aliphatic heterocycles. The molecule has 37 heavy (non-hydrogen) atoms. The summed E-state index contributed by atoms with van der Waals surface area (Å²) < 4.78 is 65.5. The highest BCUT2D eigenvalue weighted by molar-refractivity contribution is 5.85. The van der Waals surface area contributed by atoms with E-state index in [0.29, 0.717) is 38.6 Å². The second-order valence-corrected chi connectivity index (χ2v) is 11.6. The first-order valence-electron chi connectivity index (χ1n) is 13.5. The number of ether oxygens (including phenoxy) is 2. The number of anilines is 1. The molecule has 0 radical (unpaired) electrons. The summed E-state index contributed by atoms with van der Waals surface area (Å²) in [7, 11) is 1.71. The quantitative estimate of drug-likeness (QED) is 0.590. The minimum atomic E-state index is -4.53. The lowest BCUT2D eigenvalue weighted by Gasteiger charge is -2.41. The molecule has 1 N–H and O–H groups in total. The van der Waals surface area contributed by atoms with Gasteiger partial charge in [-0.3, -0.25) is 4.79 Å². The molecule has 3 heterocycles. The molecule has 1 aromatic carbocycles. The number of alkyl halides is 3. The monoisotopic (exact) mass is 525 g/mol. The van der Waals surface area contributed by atoms with Crippen molar-refractivity contribution in [2.45, 2.75) is 81.4 Å². The summed E-state index contributed by atoms with van der Waals surface area (Å²) in [6.07, 6.45) is 1.81. The highest BCUT2D eigenvalue weighted by atomic mass is 19.4. The van der Waals surface area contributed by atoms with Gasteiger partial charge in [-0.2, -0.15) is 13.2 Å². The molecule has 6 nitrogen and oxygen atoms in total. The zero-order valence-corrected chi connectivity index (χ0v) is 21.1. The van der Waals surface area contributed by atoms with Crippen LogP contribution in [0.4, 0.5) is 23.2 Å². The van der Waals surface area contributed by atoms with Crippen LogP contribution >= 0.6 is 0 Å². The second-order valence-electron chi connectivity index (χ2n) is 11.6. The Labute approximate surface area is 214 Å². The van der Waals surface area contributed by atoms with Crippen LogP contribution in [0.15, 0.2) is 18.2 Å². The Morgan fingerprint density at radius 1 is 1.19 bits per heavy atom. The van der Waals surface area contributed by atoms with Crippen LogP contribution in [0.2, 0.25) is 0 Å².